The highest BCUT2D eigenvalue weighted by atomic mass is 19.4. The normalized spacial score (nSPS) is 29.0. The van der Waals surface area contributed by atoms with E-state index in [0.29, 0.717) is 11.5 Å². The second-order valence-corrected chi connectivity index (χ2v) is 5.77. The molecule has 19 heavy (non-hydrogen) atoms. The first-order valence-corrected chi connectivity index (χ1v) is 6.78. The van der Waals surface area contributed by atoms with E-state index in [1.165, 1.54) is 12.1 Å². The Bertz CT molecular complexity index is 441. The van der Waals surface area contributed by atoms with Crippen molar-refractivity contribution in [1.82, 2.24) is 0 Å². The zero-order valence-electron chi connectivity index (χ0n) is 11.1. The second kappa shape index (κ2) is 5.16. The van der Waals surface area contributed by atoms with E-state index in [2.05, 4.69) is 6.92 Å². The maximum atomic E-state index is 12.8. The summed E-state index contributed by atoms with van der Waals surface area (Å²) in [6.45, 7) is 2.18. The quantitative estimate of drug-likeness (QED) is 0.750. The fourth-order valence-electron chi connectivity index (χ4n) is 2.83. The van der Waals surface area contributed by atoms with Gasteiger partial charge in [0, 0.05) is 5.54 Å². The van der Waals surface area contributed by atoms with Gasteiger partial charge in [-0.05, 0) is 42.9 Å². The minimum atomic E-state index is -4.30. The molecule has 1 aromatic carbocycles. The lowest BCUT2D eigenvalue weighted by Crippen LogP contribution is -2.36. The molecule has 2 atom stereocenters. The molecule has 0 radical (unpaired) electrons. The molecule has 0 saturated heterocycles. The van der Waals surface area contributed by atoms with Gasteiger partial charge in [-0.25, -0.2) is 0 Å². The molecule has 1 nitrogen and oxygen atoms in total. The number of halogens is 3. The summed E-state index contributed by atoms with van der Waals surface area (Å²) in [5.74, 6) is 0.608. The van der Waals surface area contributed by atoms with Crippen molar-refractivity contribution in [3.8, 4) is 0 Å². The van der Waals surface area contributed by atoms with Gasteiger partial charge in [0.15, 0.2) is 0 Å². The Labute approximate surface area is 112 Å². The van der Waals surface area contributed by atoms with Crippen LogP contribution in [0.1, 0.15) is 50.2 Å². The molecule has 0 amide bonds. The Balaban J connectivity index is 2.30. The van der Waals surface area contributed by atoms with Crippen LogP contribution in [0.3, 0.4) is 0 Å². The standard InChI is InChI=1S/C15H20F3N/c1-11-4-3-8-14(19,9-7-11)12-5-2-6-13(10-12)15(16,17)18/h2,5-6,10-11H,3-4,7-9,19H2,1H3. The lowest BCUT2D eigenvalue weighted by atomic mass is 9.83. The third-order valence-electron chi connectivity index (χ3n) is 4.17. The van der Waals surface area contributed by atoms with Crippen LogP contribution in [-0.4, -0.2) is 0 Å². The highest BCUT2D eigenvalue weighted by Crippen LogP contribution is 2.38. The number of hydrogen-bond donors (Lipinski definition) is 1. The molecule has 0 aromatic heterocycles. The molecular weight excluding hydrogens is 251 g/mol. The first kappa shape index (κ1) is 14.4. The SMILES string of the molecule is CC1CCCC(N)(c2cccc(C(F)(F)F)c2)CC1. The van der Waals surface area contributed by atoms with Crippen molar-refractivity contribution in [2.24, 2.45) is 11.7 Å². The van der Waals surface area contributed by atoms with E-state index in [1.54, 1.807) is 6.07 Å². The van der Waals surface area contributed by atoms with Gasteiger partial charge < -0.3 is 5.73 Å². The molecule has 0 bridgehead atoms. The van der Waals surface area contributed by atoms with Gasteiger partial charge in [0.05, 0.1) is 5.56 Å². The molecule has 2 unspecified atom stereocenters. The van der Waals surface area contributed by atoms with Crippen molar-refractivity contribution in [2.45, 2.75) is 50.7 Å². The van der Waals surface area contributed by atoms with Gasteiger partial charge in [0.2, 0.25) is 0 Å². The van der Waals surface area contributed by atoms with Crippen LogP contribution in [0.2, 0.25) is 0 Å². The minimum absolute atomic E-state index is 0.605. The summed E-state index contributed by atoms with van der Waals surface area (Å²) >= 11 is 0. The Morgan fingerprint density at radius 3 is 2.63 bits per heavy atom. The maximum Gasteiger partial charge on any atom is 0.416 e. The molecular formula is C15H20F3N. The van der Waals surface area contributed by atoms with E-state index < -0.39 is 17.3 Å². The van der Waals surface area contributed by atoms with Gasteiger partial charge in [0.25, 0.3) is 0 Å². The van der Waals surface area contributed by atoms with Crippen molar-refractivity contribution < 1.29 is 13.2 Å². The maximum absolute atomic E-state index is 12.8. The Morgan fingerprint density at radius 2 is 1.95 bits per heavy atom. The van der Waals surface area contributed by atoms with E-state index in [0.717, 1.165) is 38.2 Å². The summed E-state index contributed by atoms with van der Waals surface area (Å²) in [5, 5.41) is 0. The molecule has 1 aromatic rings. The van der Waals surface area contributed by atoms with Crippen LogP contribution in [0, 0.1) is 5.92 Å². The van der Waals surface area contributed by atoms with Gasteiger partial charge >= 0.3 is 6.18 Å². The molecule has 4 heteroatoms. The Morgan fingerprint density at radius 1 is 1.21 bits per heavy atom. The smallest absolute Gasteiger partial charge is 0.321 e. The minimum Gasteiger partial charge on any atom is -0.321 e. The summed E-state index contributed by atoms with van der Waals surface area (Å²) in [7, 11) is 0. The fraction of sp³-hybridized carbons (Fsp3) is 0.600. The van der Waals surface area contributed by atoms with Crippen LogP contribution in [-0.2, 0) is 11.7 Å². The Hall–Kier alpha value is -1.03. The highest BCUT2D eigenvalue weighted by Gasteiger charge is 2.34. The van der Waals surface area contributed by atoms with Crippen LogP contribution in [0.15, 0.2) is 24.3 Å². The molecule has 1 saturated carbocycles. The molecule has 1 fully saturated rings. The van der Waals surface area contributed by atoms with Crippen LogP contribution in [0.25, 0.3) is 0 Å². The summed E-state index contributed by atoms with van der Waals surface area (Å²) in [4.78, 5) is 0. The highest BCUT2D eigenvalue weighted by molar-refractivity contribution is 5.31. The van der Waals surface area contributed by atoms with E-state index in [1.807, 2.05) is 0 Å². The molecule has 0 heterocycles. The van der Waals surface area contributed by atoms with Gasteiger partial charge in [-0.2, -0.15) is 13.2 Å². The van der Waals surface area contributed by atoms with E-state index in [-0.39, 0.29) is 0 Å². The molecule has 2 rings (SSSR count). The Kier molecular flexibility index (Phi) is 3.90. The predicted molar refractivity (Wildman–Crippen MR) is 69.6 cm³/mol. The zero-order valence-corrected chi connectivity index (χ0v) is 11.1. The van der Waals surface area contributed by atoms with Crippen molar-refractivity contribution >= 4 is 0 Å². The van der Waals surface area contributed by atoms with Crippen molar-refractivity contribution in [3.63, 3.8) is 0 Å². The lowest BCUT2D eigenvalue weighted by molar-refractivity contribution is -0.137. The topological polar surface area (TPSA) is 26.0 Å². The van der Waals surface area contributed by atoms with E-state index >= 15 is 0 Å². The van der Waals surface area contributed by atoms with E-state index in [4.69, 9.17) is 5.73 Å². The lowest BCUT2D eigenvalue weighted by Gasteiger charge is -2.29. The number of rotatable bonds is 1. The van der Waals surface area contributed by atoms with Gasteiger partial charge in [-0.3, -0.25) is 0 Å². The van der Waals surface area contributed by atoms with E-state index in [9.17, 15) is 13.2 Å². The summed E-state index contributed by atoms with van der Waals surface area (Å²) in [6, 6.07) is 5.51. The third kappa shape index (κ3) is 3.30. The first-order valence-electron chi connectivity index (χ1n) is 6.78. The molecule has 106 valence electrons. The first-order chi connectivity index (χ1) is 8.81. The molecule has 0 spiro atoms. The van der Waals surface area contributed by atoms with Crippen LogP contribution < -0.4 is 5.73 Å². The molecule has 2 N–H and O–H groups in total. The fourth-order valence-corrected chi connectivity index (χ4v) is 2.83. The average molecular weight is 271 g/mol. The summed E-state index contributed by atoms with van der Waals surface area (Å²) in [6.07, 6.45) is 0.289. The largest absolute Gasteiger partial charge is 0.416 e. The zero-order chi connectivity index (χ0) is 14.1. The van der Waals surface area contributed by atoms with Crippen LogP contribution in [0.5, 0.6) is 0 Å². The van der Waals surface area contributed by atoms with Gasteiger partial charge in [0.1, 0.15) is 0 Å². The predicted octanol–water partition coefficient (Wildman–Crippen LogP) is 4.46. The molecule has 1 aliphatic rings. The average Bonchev–Trinajstić information content (AvgIpc) is 2.52. The van der Waals surface area contributed by atoms with Crippen molar-refractivity contribution in [1.29, 1.82) is 0 Å². The number of nitrogens with two attached hydrogens (primary N) is 1. The number of hydrogen-bond acceptors (Lipinski definition) is 1. The second-order valence-electron chi connectivity index (χ2n) is 5.77. The monoisotopic (exact) mass is 271 g/mol. The van der Waals surface area contributed by atoms with Crippen LogP contribution >= 0.6 is 0 Å². The van der Waals surface area contributed by atoms with Gasteiger partial charge in [-0.1, -0.05) is 31.9 Å². The van der Waals surface area contributed by atoms with Crippen LogP contribution in [0.4, 0.5) is 13.2 Å². The number of alkyl halides is 3. The number of benzene rings is 1. The molecule has 1 aliphatic carbocycles. The molecule has 0 aliphatic heterocycles. The summed E-state index contributed by atoms with van der Waals surface area (Å²) < 4.78 is 38.3. The van der Waals surface area contributed by atoms with Crippen molar-refractivity contribution in [2.75, 3.05) is 0 Å². The summed E-state index contributed by atoms with van der Waals surface area (Å²) in [5.41, 5.74) is 5.80. The third-order valence-corrected chi connectivity index (χ3v) is 4.17. The van der Waals surface area contributed by atoms with Gasteiger partial charge in [-0.15, -0.1) is 0 Å². The van der Waals surface area contributed by atoms with Crippen molar-refractivity contribution in [3.05, 3.63) is 35.4 Å².